The van der Waals surface area contributed by atoms with E-state index in [0.717, 1.165) is 16.8 Å². The Bertz CT molecular complexity index is 1510. The van der Waals surface area contributed by atoms with Crippen molar-refractivity contribution < 1.29 is 8.42 Å². The number of aromatic nitrogens is 4. The topological polar surface area (TPSA) is 86.8 Å². The van der Waals surface area contributed by atoms with Crippen molar-refractivity contribution in [2.24, 2.45) is 0 Å². The Kier molecular flexibility index (Phi) is 6.58. The summed E-state index contributed by atoms with van der Waals surface area (Å²) >= 11 is 5.31. The van der Waals surface area contributed by atoms with Crippen LogP contribution in [0.3, 0.4) is 0 Å². The van der Waals surface area contributed by atoms with Crippen molar-refractivity contribution in [3.63, 3.8) is 0 Å². The lowest BCUT2D eigenvalue weighted by Crippen LogP contribution is -2.22. The minimum absolute atomic E-state index is 0.229. The Balaban J connectivity index is 0.000000821. The van der Waals surface area contributed by atoms with Crippen LogP contribution in [-0.4, -0.2) is 27.5 Å². The normalized spacial score (nSPS) is 10.5. The molecule has 0 spiro atoms. The average Bonchev–Trinajstić information content (AvgIpc) is 3.26. The Morgan fingerprint density at radius 3 is 2.12 bits per heavy atom. The van der Waals surface area contributed by atoms with Crippen molar-refractivity contribution >= 4 is 34.3 Å². The quantitative estimate of drug-likeness (QED) is 0.382. The van der Waals surface area contributed by atoms with Crippen LogP contribution in [0.2, 0.25) is 5.02 Å². The van der Waals surface area contributed by atoms with Crippen LogP contribution in [0, 0.1) is 6.92 Å². The fourth-order valence-corrected chi connectivity index (χ4v) is 3.58. The molecule has 0 saturated carbocycles. The summed E-state index contributed by atoms with van der Waals surface area (Å²) in [6, 6.07) is 24.8. The number of halogens is 1. The van der Waals surface area contributed by atoms with Gasteiger partial charge < -0.3 is 0 Å². The number of hydrogen-bond acceptors (Lipinski definition) is 5. The first-order chi connectivity index (χ1) is 16.0. The molecule has 7 nitrogen and oxygen atoms in total. The minimum atomic E-state index is -0.750. The maximum absolute atomic E-state index is 13.5. The lowest BCUT2D eigenvalue weighted by Gasteiger charge is -2.13. The third-order valence-electron chi connectivity index (χ3n) is 5.00. The third kappa shape index (κ3) is 4.52. The fourth-order valence-electron chi connectivity index (χ4n) is 3.46. The van der Waals surface area contributed by atoms with Gasteiger partial charge >= 0.3 is 11.6 Å². The average molecular weight is 477 g/mol. The Hall–Kier alpha value is -3.88. The zero-order valence-electron chi connectivity index (χ0n) is 17.4. The summed E-state index contributed by atoms with van der Waals surface area (Å²) < 4.78 is 20.0. The van der Waals surface area contributed by atoms with Crippen LogP contribution < -0.4 is 5.56 Å². The molecule has 0 bridgehead atoms. The second-order valence-electron chi connectivity index (χ2n) is 7.11. The summed E-state index contributed by atoms with van der Waals surface area (Å²) in [6.07, 6.45) is 1.64. The van der Waals surface area contributed by atoms with Gasteiger partial charge in [0.05, 0.1) is 5.69 Å². The first-order valence-corrected chi connectivity index (χ1v) is 10.9. The van der Waals surface area contributed by atoms with E-state index in [1.54, 1.807) is 23.0 Å². The number of nitrogens with zero attached hydrogens (tertiary/aromatic N) is 4. The van der Waals surface area contributed by atoms with Crippen molar-refractivity contribution in [1.29, 1.82) is 0 Å². The smallest absolute Gasteiger partial charge is 0.283 e. The van der Waals surface area contributed by atoms with Gasteiger partial charge in [-0.3, -0.25) is 13.9 Å². The predicted octanol–water partition coefficient (Wildman–Crippen LogP) is 4.53. The number of imidazole rings is 1. The second-order valence-corrected chi connectivity index (χ2v) is 7.68. The van der Waals surface area contributed by atoms with E-state index >= 15 is 0 Å². The van der Waals surface area contributed by atoms with Crippen molar-refractivity contribution in [3.8, 4) is 22.8 Å². The molecule has 0 aliphatic rings. The van der Waals surface area contributed by atoms with Gasteiger partial charge in [0, 0.05) is 16.3 Å². The molecule has 0 radical (unpaired) electrons. The van der Waals surface area contributed by atoms with Crippen LogP contribution in [0.1, 0.15) is 5.56 Å². The zero-order chi connectivity index (χ0) is 23.4. The summed E-state index contributed by atoms with van der Waals surface area (Å²) in [5, 5.41) is 0.603. The van der Waals surface area contributed by atoms with E-state index in [0.29, 0.717) is 27.7 Å². The highest BCUT2D eigenvalue weighted by Crippen LogP contribution is 2.24. The summed E-state index contributed by atoms with van der Waals surface area (Å²) in [5.41, 5.74) is 4.16. The number of aryl methyl sites for hydroxylation is 1. The molecule has 0 aliphatic carbocycles. The van der Waals surface area contributed by atoms with Crippen molar-refractivity contribution in [2.45, 2.75) is 6.92 Å². The van der Waals surface area contributed by atoms with Gasteiger partial charge in [-0.2, -0.15) is 8.42 Å². The molecule has 33 heavy (non-hydrogen) atoms. The maximum Gasteiger partial charge on any atom is 0.335 e. The monoisotopic (exact) mass is 476 g/mol. The molecule has 0 unspecified atom stereocenters. The molecule has 3 aromatic carbocycles. The lowest BCUT2D eigenvalue weighted by atomic mass is 10.1. The van der Waals surface area contributed by atoms with Crippen LogP contribution in [0.5, 0.6) is 0 Å². The van der Waals surface area contributed by atoms with Crippen LogP contribution in [-0.2, 0) is 11.6 Å². The van der Waals surface area contributed by atoms with Gasteiger partial charge in [0.1, 0.15) is 12.2 Å². The molecular formula is C24H17ClN4O3S. The molecule has 9 heteroatoms. The number of benzene rings is 3. The Morgan fingerprint density at radius 2 is 1.48 bits per heavy atom. The van der Waals surface area contributed by atoms with E-state index in [1.807, 2.05) is 78.2 Å². The van der Waals surface area contributed by atoms with E-state index in [4.69, 9.17) is 25.0 Å². The van der Waals surface area contributed by atoms with Crippen molar-refractivity contribution in [3.05, 3.63) is 106 Å². The van der Waals surface area contributed by atoms with Gasteiger partial charge in [0.15, 0.2) is 11.2 Å². The fraction of sp³-hybridized carbons (Fsp3) is 0.0417. The Labute approximate surface area is 197 Å². The summed E-state index contributed by atoms with van der Waals surface area (Å²) in [7, 11) is 0. The van der Waals surface area contributed by atoms with E-state index in [-0.39, 0.29) is 5.56 Å². The Morgan fingerprint density at radius 1 is 0.848 bits per heavy atom. The van der Waals surface area contributed by atoms with Gasteiger partial charge in [-0.05, 0) is 43.3 Å². The zero-order valence-corrected chi connectivity index (χ0v) is 19.0. The maximum atomic E-state index is 13.5. The van der Waals surface area contributed by atoms with Gasteiger partial charge in [-0.1, -0.05) is 59.6 Å². The third-order valence-corrected chi connectivity index (χ3v) is 5.25. The molecule has 0 N–H and O–H groups in total. The highest BCUT2D eigenvalue weighted by atomic mass is 35.5. The summed E-state index contributed by atoms with van der Waals surface area (Å²) in [6.45, 7) is 2.02. The standard InChI is InChI=1S/C24H17ClN4O.O2S/c1-16-7-9-17(10-8-16)22-27-23-21(26-15-28(23)19-5-3-2-4-6-19)24(30)29(22)20-13-11-18(25)12-14-20;1-3-2/h2-15H,1H3;. The lowest BCUT2D eigenvalue weighted by molar-refractivity contribution is 0.630. The minimum Gasteiger partial charge on any atom is -0.283 e. The number of fused-ring (bicyclic) bond motifs is 1. The van der Waals surface area contributed by atoms with Crippen LogP contribution in [0.25, 0.3) is 33.9 Å². The van der Waals surface area contributed by atoms with Crippen LogP contribution in [0.4, 0.5) is 0 Å². The molecule has 0 atom stereocenters. The number of hydrogen-bond donors (Lipinski definition) is 0. The van der Waals surface area contributed by atoms with E-state index in [1.165, 1.54) is 0 Å². The van der Waals surface area contributed by atoms with Crippen LogP contribution in [0.15, 0.2) is 90.0 Å². The first kappa shape index (κ1) is 22.3. The van der Waals surface area contributed by atoms with Gasteiger partial charge in [0.2, 0.25) is 0 Å². The number of rotatable bonds is 3. The molecule has 0 saturated heterocycles. The molecule has 5 aromatic rings. The highest BCUT2D eigenvalue weighted by molar-refractivity contribution is 7.51. The molecule has 2 heterocycles. The van der Waals surface area contributed by atoms with E-state index in [2.05, 4.69) is 4.98 Å². The molecule has 5 rings (SSSR count). The summed E-state index contributed by atoms with van der Waals surface area (Å²) in [5.74, 6) is 0.549. The molecule has 0 amide bonds. The molecule has 0 aliphatic heterocycles. The van der Waals surface area contributed by atoms with Crippen molar-refractivity contribution in [1.82, 2.24) is 19.1 Å². The first-order valence-electron chi connectivity index (χ1n) is 9.84. The van der Waals surface area contributed by atoms with Crippen molar-refractivity contribution in [2.75, 3.05) is 0 Å². The SMILES string of the molecule is Cc1ccc(-c2nc3c(ncn3-c3ccccc3)c(=O)n2-c2ccc(Cl)cc2)cc1.O=S=O. The van der Waals surface area contributed by atoms with Gasteiger partial charge in [-0.15, -0.1) is 0 Å². The summed E-state index contributed by atoms with van der Waals surface area (Å²) in [4.78, 5) is 22.8. The number of para-hydroxylation sites is 1. The van der Waals surface area contributed by atoms with Crippen LogP contribution >= 0.6 is 11.6 Å². The highest BCUT2D eigenvalue weighted by Gasteiger charge is 2.18. The van der Waals surface area contributed by atoms with Gasteiger partial charge in [0.25, 0.3) is 5.56 Å². The van der Waals surface area contributed by atoms with E-state index < -0.39 is 11.6 Å². The molecule has 0 fully saturated rings. The van der Waals surface area contributed by atoms with Gasteiger partial charge in [-0.25, -0.2) is 9.97 Å². The van der Waals surface area contributed by atoms with E-state index in [9.17, 15) is 4.79 Å². The second kappa shape index (κ2) is 9.72. The predicted molar refractivity (Wildman–Crippen MR) is 129 cm³/mol. The molecule has 2 aromatic heterocycles. The largest absolute Gasteiger partial charge is 0.335 e. The molecular weight excluding hydrogens is 460 g/mol. The molecule has 164 valence electrons.